The number of carbonyl (C=O) groups excluding carboxylic acids is 2. The van der Waals surface area contributed by atoms with Crippen molar-refractivity contribution in [2.75, 3.05) is 5.32 Å². The van der Waals surface area contributed by atoms with Crippen LogP contribution in [0.2, 0.25) is 0 Å². The fourth-order valence-electron chi connectivity index (χ4n) is 1.22. The third-order valence-electron chi connectivity index (χ3n) is 2.09. The topological polar surface area (TPSA) is 46.2 Å². The number of anilines is 1. The van der Waals surface area contributed by atoms with E-state index in [9.17, 15) is 9.59 Å². The molecule has 0 aliphatic carbocycles. The molecule has 1 N–H and O–H groups in total. The van der Waals surface area contributed by atoms with Crippen molar-refractivity contribution in [1.29, 1.82) is 0 Å². The maximum atomic E-state index is 10.6. The highest BCUT2D eigenvalue weighted by Crippen LogP contribution is 2.21. The Hall–Kier alpha value is -1.64. The summed E-state index contributed by atoms with van der Waals surface area (Å²) in [5.74, 6) is 0.378. The molecule has 1 aromatic carbocycles. The summed E-state index contributed by atoms with van der Waals surface area (Å²) in [6.07, 6.45) is 1.31. The molecule has 0 saturated heterocycles. The van der Waals surface area contributed by atoms with Gasteiger partial charge in [0.2, 0.25) is 6.41 Å². The van der Waals surface area contributed by atoms with Crippen LogP contribution in [0.3, 0.4) is 0 Å². The number of hydrogen-bond donors (Lipinski definition) is 1. The highest BCUT2D eigenvalue weighted by Gasteiger charge is 2.04. The predicted octanol–water partition coefficient (Wildman–Crippen LogP) is 2.19. The maximum absolute atomic E-state index is 10.6. The normalized spacial score (nSPS) is 9.93. The van der Waals surface area contributed by atoms with Gasteiger partial charge in [-0.3, -0.25) is 9.59 Å². The summed E-state index contributed by atoms with van der Waals surface area (Å²) in [6, 6.07) is 5.43. The zero-order valence-corrected chi connectivity index (χ0v) is 8.28. The Morgan fingerprint density at radius 2 is 2.00 bits per heavy atom. The largest absolute Gasteiger partial charge is 0.328 e. The van der Waals surface area contributed by atoms with E-state index in [0.717, 1.165) is 11.8 Å². The van der Waals surface area contributed by atoms with Gasteiger partial charge in [0.05, 0.1) is 5.69 Å². The molecule has 1 amide bonds. The smallest absolute Gasteiger partial charge is 0.211 e. The Morgan fingerprint density at radius 3 is 2.50 bits per heavy atom. The number of nitrogens with one attached hydrogen (secondary N) is 1. The monoisotopic (exact) mass is 191 g/mol. The summed E-state index contributed by atoms with van der Waals surface area (Å²) in [7, 11) is 0. The van der Waals surface area contributed by atoms with Crippen LogP contribution in [0.1, 0.15) is 35.7 Å². The van der Waals surface area contributed by atoms with Gasteiger partial charge in [0, 0.05) is 5.56 Å². The molecule has 74 valence electrons. The number of rotatable bonds is 4. The van der Waals surface area contributed by atoms with Gasteiger partial charge in [-0.25, -0.2) is 0 Å². The molecular weight excluding hydrogens is 178 g/mol. The van der Waals surface area contributed by atoms with E-state index >= 15 is 0 Å². The van der Waals surface area contributed by atoms with E-state index in [1.54, 1.807) is 6.07 Å². The lowest BCUT2D eigenvalue weighted by molar-refractivity contribution is -0.105. The van der Waals surface area contributed by atoms with Crippen molar-refractivity contribution in [1.82, 2.24) is 0 Å². The van der Waals surface area contributed by atoms with Gasteiger partial charge >= 0.3 is 0 Å². The lowest BCUT2D eigenvalue weighted by Crippen LogP contribution is -2.00. The second kappa shape index (κ2) is 4.56. The highest BCUT2D eigenvalue weighted by atomic mass is 16.1. The van der Waals surface area contributed by atoms with Crippen LogP contribution in [-0.4, -0.2) is 12.7 Å². The average molecular weight is 191 g/mol. The maximum Gasteiger partial charge on any atom is 0.211 e. The quantitative estimate of drug-likeness (QED) is 0.741. The molecule has 1 rings (SSSR count). The van der Waals surface area contributed by atoms with E-state index in [1.807, 2.05) is 12.1 Å². The molecule has 1 aromatic rings. The second-order valence-corrected chi connectivity index (χ2v) is 3.38. The van der Waals surface area contributed by atoms with E-state index in [4.69, 9.17) is 0 Å². The molecule has 0 spiro atoms. The molecule has 3 nitrogen and oxygen atoms in total. The van der Waals surface area contributed by atoms with E-state index in [2.05, 4.69) is 19.2 Å². The van der Waals surface area contributed by atoms with Crippen LogP contribution < -0.4 is 5.32 Å². The number of carbonyl (C=O) groups is 2. The third-order valence-corrected chi connectivity index (χ3v) is 2.09. The molecule has 0 radical (unpaired) electrons. The molecule has 0 atom stereocenters. The predicted molar refractivity (Wildman–Crippen MR) is 55.6 cm³/mol. The molecule has 0 aliphatic heterocycles. The van der Waals surface area contributed by atoms with Gasteiger partial charge in [-0.2, -0.15) is 0 Å². The number of benzene rings is 1. The SMILES string of the molecule is CC(C)c1ccc(C=O)c(NC=O)c1. The van der Waals surface area contributed by atoms with Crippen LogP contribution in [0.25, 0.3) is 0 Å². The number of hydrogen-bond acceptors (Lipinski definition) is 2. The van der Waals surface area contributed by atoms with Crippen LogP contribution in [-0.2, 0) is 4.79 Å². The van der Waals surface area contributed by atoms with E-state index < -0.39 is 0 Å². The van der Waals surface area contributed by atoms with Gasteiger partial charge in [-0.1, -0.05) is 19.9 Å². The van der Waals surface area contributed by atoms with Gasteiger partial charge in [0.15, 0.2) is 6.29 Å². The van der Waals surface area contributed by atoms with Crippen molar-refractivity contribution >= 4 is 18.4 Å². The van der Waals surface area contributed by atoms with Gasteiger partial charge in [-0.15, -0.1) is 0 Å². The van der Waals surface area contributed by atoms with Gasteiger partial charge in [0.1, 0.15) is 0 Å². The molecule has 0 bridgehead atoms. The molecule has 0 fully saturated rings. The summed E-state index contributed by atoms with van der Waals surface area (Å²) >= 11 is 0. The summed E-state index contributed by atoms with van der Waals surface area (Å²) in [5.41, 5.74) is 2.17. The Morgan fingerprint density at radius 1 is 1.29 bits per heavy atom. The van der Waals surface area contributed by atoms with Crippen molar-refractivity contribution in [3.63, 3.8) is 0 Å². The lowest BCUT2D eigenvalue weighted by Gasteiger charge is -2.09. The molecule has 0 unspecified atom stereocenters. The summed E-state index contributed by atoms with van der Waals surface area (Å²) < 4.78 is 0. The zero-order chi connectivity index (χ0) is 10.6. The van der Waals surface area contributed by atoms with Crippen LogP contribution in [0, 0.1) is 0 Å². The summed E-state index contributed by atoms with van der Waals surface area (Å²) in [6.45, 7) is 4.11. The molecule has 0 heterocycles. The summed E-state index contributed by atoms with van der Waals surface area (Å²) in [5, 5.41) is 2.51. The highest BCUT2D eigenvalue weighted by molar-refractivity contribution is 5.88. The molecule has 3 heteroatoms. The van der Waals surface area contributed by atoms with Crippen LogP contribution in [0.4, 0.5) is 5.69 Å². The molecule has 0 aliphatic rings. The van der Waals surface area contributed by atoms with Crippen LogP contribution >= 0.6 is 0 Å². The first kappa shape index (κ1) is 10.4. The molecule has 14 heavy (non-hydrogen) atoms. The molecular formula is C11H13NO2. The van der Waals surface area contributed by atoms with E-state index in [0.29, 0.717) is 23.6 Å². The summed E-state index contributed by atoms with van der Waals surface area (Å²) in [4.78, 5) is 20.9. The third kappa shape index (κ3) is 2.19. The van der Waals surface area contributed by atoms with Crippen LogP contribution in [0.15, 0.2) is 18.2 Å². The van der Waals surface area contributed by atoms with Crippen LogP contribution in [0.5, 0.6) is 0 Å². The van der Waals surface area contributed by atoms with Crippen molar-refractivity contribution < 1.29 is 9.59 Å². The minimum atomic E-state index is 0.378. The van der Waals surface area contributed by atoms with Crippen molar-refractivity contribution in [2.45, 2.75) is 19.8 Å². The standard InChI is InChI=1S/C11H13NO2/c1-8(2)9-3-4-10(6-13)11(5-9)12-7-14/h3-8H,1-2H3,(H,12,14). The zero-order valence-electron chi connectivity index (χ0n) is 8.28. The van der Waals surface area contributed by atoms with Gasteiger partial charge in [0.25, 0.3) is 0 Å². The van der Waals surface area contributed by atoms with Crippen molar-refractivity contribution in [3.8, 4) is 0 Å². The average Bonchev–Trinajstić information content (AvgIpc) is 2.18. The minimum absolute atomic E-state index is 0.378. The lowest BCUT2D eigenvalue weighted by atomic mass is 10.0. The van der Waals surface area contributed by atoms with Crippen molar-refractivity contribution in [2.24, 2.45) is 0 Å². The minimum Gasteiger partial charge on any atom is -0.328 e. The van der Waals surface area contributed by atoms with Crippen molar-refractivity contribution in [3.05, 3.63) is 29.3 Å². The number of aldehydes is 1. The Bertz CT molecular complexity index is 345. The molecule has 0 aromatic heterocycles. The second-order valence-electron chi connectivity index (χ2n) is 3.38. The van der Waals surface area contributed by atoms with Gasteiger partial charge in [-0.05, 0) is 23.6 Å². The Labute approximate surface area is 83.1 Å². The van der Waals surface area contributed by atoms with Gasteiger partial charge < -0.3 is 5.32 Å². The Balaban J connectivity index is 3.12. The van der Waals surface area contributed by atoms with E-state index in [-0.39, 0.29) is 0 Å². The van der Waals surface area contributed by atoms with E-state index in [1.165, 1.54) is 0 Å². The Kier molecular flexibility index (Phi) is 3.40. The first-order valence-electron chi connectivity index (χ1n) is 4.48. The first-order valence-corrected chi connectivity index (χ1v) is 4.48. The fraction of sp³-hybridized carbons (Fsp3) is 0.273. The fourth-order valence-corrected chi connectivity index (χ4v) is 1.22. The molecule has 0 saturated carbocycles. The number of amides is 1. The first-order chi connectivity index (χ1) is 6.69.